The number of fused-ring (bicyclic) bond motifs is 1. The van der Waals surface area contributed by atoms with Crippen molar-refractivity contribution in [3.63, 3.8) is 0 Å². The van der Waals surface area contributed by atoms with Gasteiger partial charge in [-0.2, -0.15) is 0 Å². The van der Waals surface area contributed by atoms with Crippen LogP contribution >= 0.6 is 23.7 Å². The number of benzene rings is 1. The number of methoxy groups -OCH3 is 1. The number of halogens is 1. The lowest BCUT2D eigenvalue weighted by Gasteiger charge is -2.25. The Morgan fingerprint density at radius 2 is 1.90 bits per heavy atom. The number of rotatable bonds is 6. The number of ketones is 1. The lowest BCUT2D eigenvalue weighted by Crippen LogP contribution is -2.44. The Bertz CT molecular complexity index is 838. The van der Waals surface area contributed by atoms with E-state index in [1.54, 1.807) is 18.4 Å². The van der Waals surface area contributed by atoms with Crippen LogP contribution in [0.4, 0.5) is 0 Å². The number of hydrogen-bond donors (Lipinski definition) is 2. The van der Waals surface area contributed by atoms with Crippen molar-refractivity contribution in [2.75, 3.05) is 13.7 Å². The fourth-order valence-electron chi connectivity index (χ4n) is 4.23. The van der Waals surface area contributed by atoms with Crippen molar-refractivity contribution >= 4 is 29.5 Å². The predicted molar refractivity (Wildman–Crippen MR) is 117 cm³/mol. The maximum atomic E-state index is 12.7. The summed E-state index contributed by atoms with van der Waals surface area (Å²) in [6.45, 7) is 2.67. The van der Waals surface area contributed by atoms with E-state index in [9.17, 15) is 9.90 Å². The quantitative estimate of drug-likeness (QED) is 0.719. The molecule has 4 atom stereocenters. The number of aryl methyl sites for hydroxylation is 2. The number of ether oxygens (including phenoxy) is 2. The van der Waals surface area contributed by atoms with E-state index in [0.717, 1.165) is 42.7 Å². The number of hydrogen-bond acceptors (Lipinski definition) is 6. The van der Waals surface area contributed by atoms with E-state index in [4.69, 9.17) is 9.47 Å². The van der Waals surface area contributed by atoms with Crippen LogP contribution in [0.5, 0.6) is 11.5 Å². The fourth-order valence-corrected chi connectivity index (χ4v) is 5.28. The first-order valence-electron chi connectivity index (χ1n) is 9.91. The molecule has 1 saturated carbocycles. The summed E-state index contributed by atoms with van der Waals surface area (Å²) in [6, 6.07) is 9.39. The molecule has 4 rings (SSSR count). The molecule has 0 amide bonds. The molecule has 0 radical (unpaired) electrons. The van der Waals surface area contributed by atoms with Gasteiger partial charge in [0.2, 0.25) is 0 Å². The van der Waals surface area contributed by atoms with Crippen LogP contribution in [-0.2, 0) is 6.42 Å². The Labute approximate surface area is 181 Å². The van der Waals surface area contributed by atoms with Gasteiger partial charge in [0.05, 0.1) is 7.11 Å². The Balaban J connectivity index is 0.00000240. The van der Waals surface area contributed by atoms with Crippen molar-refractivity contribution in [3.05, 3.63) is 45.6 Å². The second-order valence-corrected chi connectivity index (χ2v) is 9.05. The summed E-state index contributed by atoms with van der Waals surface area (Å²) in [7, 11) is 1.63. The Morgan fingerprint density at radius 1 is 1.17 bits per heavy atom. The van der Waals surface area contributed by atoms with Gasteiger partial charge in [-0.3, -0.25) is 4.79 Å². The Morgan fingerprint density at radius 3 is 2.62 bits per heavy atom. The zero-order valence-electron chi connectivity index (χ0n) is 16.7. The van der Waals surface area contributed by atoms with Gasteiger partial charge in [-0.25, -0.2) is 0 Å². The molecule has 2 aliphatic rings. The predicted octanol–water partition coefficient (Wildman–Crippen LogP) is 3.79. The standard InChI is InChI=1S/C22H27NO4S.ClH/c1-13-11-17-20(28-13)10-3-14(21(17)24)12-23-18-8-9-19(22(18)25)27-16-6-4-15(26-2)5-7-16;/h4-7,11,14,18-19,22-23,25H,3,8-10,12H2,1-2H3;1H. The smallest absolute Gasteiger partial charge is 0.168 e. The number of thiophene rings is 1. The summed E-state index contributed by atoms with van der Waals surface area (Å²) in [5.41, 5.74) is 0.910. The third kappa shape index (κ3) is 4.77. The molecule has 1 fully saturated rings. The van der Waals surface area contributed by atoms with E-state index in [2.05, 4.69) is 12.2 Å². The zero-order chi connectivity index (χ0) is 19.7. The molecule has 0 saturated heterocycles. The van der Waals surface area contributed by atoms with Crippen LogP contribution in [-0.4, -0.2) is 42.8 Å². The van der Waals surface area contributed by atoms with Gasteiger partial charge >= 0.3 is 0 Å². The molecule has 158 valence electrons. The van der Waals surface area contributed by atoms with Crippen molar-refractivity contribution in [3.8, 4) is 11.5 Å². The van der Waals surface area contributed by atoms with Crippen LogP contribution in [0.3, 0.4) is 0 Å². The summed E-state index contributed by atoms with van der Waals surface area (Å²) >= 11 is 1.74. The van der Waals surface area contributed by atoms with Gasteiger partial charge < -0.3 is 19.9 Å². The molecule has 0 aliphatic heterocycles. The van der Waals surface area contributed by atoms with E-state index in [1.165, 1.54) is 9.75 Å². The highest BCUT2D eigenvalue weighted by molar-refractivity contribution is 7.12. The highest BCUT2D eigenvalue weighted by Gasteiger charge is 2.37. The molecule has 2 aliphatic carbocycles. The molecule has 1 aromatic carbocycles. The van der Waals surface area contributed by atoms with E-state index < -0.39 is 6.10 Å². The van der Waals surface area contributed by atoms with Crippen molar-refractivity contribution < 1.29 is 19.4 Å². The molecular formula is C22H28ClNO4S. The maximum absolute atomic E-state index is 12.7. The van der Waals surface area contributed by atoms with Gasteiger partial charge in [0.15, 0.2) is 5.78 Å². The average Bonchev–Trinajstić information content (AvgIpc) is 3.25. The van der Waals surface area contributed by atoms with Crippen LogP contribution in [0.2, 0.25) is 0 Å². The summed E-state index contributed by atoms with van der Waals surface area (Å²) in [4.78, 5) is 15.2. The lowest BCUT2D eigenvalue weighted by atomic mass is 9.87. The largest absolute Gasteiger partial charge is 0.497 e. The highest BCUT2D eigenvalue weighted by atomic mass is 35.5. The molecule has 2 aromatic rings. The molecule has 1 heterocycles. The number of aliphatic hydroxyl groups excluding tert-OH is 1. The van der Waals surface area contributed by atoms with E-state index >= 15 is 0 Å². The van der Waals surface area contributed by atoms with Gasteiger partial charge in [-0.15, -0.1) is 23.7 Å². The summed E-state index contributed by atoms with van der Waals surface area (Å²) in [5.74, 6) is 1.75. The van der Waals surface area contributed by atoms with Gasteiger partial charge in [0.1, 0.15) is 23.7 Å². The second kappa shape index (κ2) is 9.47. The molecule has 0 spiro atoms. The van der Waals surface area contributed by atoms with E-state index in [-0.39, 0.29) is 36.3 Å². The van der Waals surface area contributed by atoms with Crippen LogP contribution in [0, 0.1) is 12.8 Å². The zero-order valence-corrected chi connectivity index (χ0v) is 18.4. The number of carbonyl (C=O) groups excluding carboxylic acids is 1. The topological polar surface area (TPSA) is 67.8 Å². The monoisotopic (exact) mass is 437 g/mol. The van der Waals surface area contributed by atoms with Crippen LogP contribution in [0.15, 0.2) is 30.3 Å². The molecule has 7 heteroatoms. The third-order valence-corrected chi connectivity index (χ3v) is 6.93. The minimum absolute atomic E-state index is 0. The molecule has 2 N–H and O–H groups in total. The SMILES string of the molecule is COc1ccc(OC2CCC(NCC3CCc4sc(C)cc4C3=O)C2O)cc1.Cl. The first-order chi connectivity index (χ1) is 13.5. The molecule has 4 unspecified atom stereocenters. The average molecular weight is 438 g/mol. The molecular weight excluding hydrogens is 410 g/mol. The lowest BCUT2D eigenvalue weighted by molar-refractivity contribution is 0.0441. The summed E-state index contributed by atoms with van der Waals surface area (Å²) in [5, 5.41) is 14.1. The van der Waals surface area contributed by atoms with Gasteiger partial charge in [0, 0.05) is 33.8 Å². The number of carbonyl (C=O) groups is 1. The highest BCUT2D eigenvalue weighted by Crippen LogP contribution is 2.32. The summed E-state index contributed by atoms with van der Waals surface area (Å²) < 4.78 is 11.1. The van der Waals surface area contributed by atoms with Gasteiger partial charge in [0.25, 0.3) is 0 Å². The third-order valence-electron chi connectivity index (χ3n) is 5.82. The van der Waals surface area contributed by atoms with E-state index in [1.807, 2.05) is 30.3 Å². The molecule has 1 aromatic heterocycles. The number of aliphatic hydroxyl groups is 1. The van der Waals surface area contributed by atoms with Crippen molar-refractivity contribution in [2.24, 2.45) is 5.92 Å². The van der Waals surface area contributed by atoms with Crippen LogP contribution in [0.1, 0.15) is 39.4 Å². The minimum atomic E-state index is -0.584. The fraction of sp³-hybridized carbons (Fsp3) is 0.500. The van der Waals surface area contributed by atoms with Gasteiger partial charge in [-0.05, 0) is 62.9 Å². The van der Waals surface area contributed by atoms with Crippen molar-refractivity contribution in [2.45, 2.75) is 50.9 Å². The van der Waals surface area contributed by atoms with Crippen LogP contribution in [0.25, 0.3) is 0 Å². The minimum Gasteiger partial charge on any atom is -0.497 e. The summed E-state index contributed by atoms with van der Waals surface area (Å²) in [6.07, 6.45) is 2.66. The van der Waals surface area contributed by atoms with Crippen molar-refractivity contribution in [1.29, 1.82) is 0 Å². The number of Topliss-reactive ketones (excluding diaryl/α,β-unsaturated/α-hetero) is 1. The molecule has 5 nitrogen and oxygen atoms in total. The number of nitrogens with one attached hydrogen (secondary N) is 1. The van der Waals surface area contributed by atoms with E-state index in [0.29, 0.717) is 6.54 Å². The van der Waals surface area contributed by atoms with Crippen molar-refractivity contribution in [1.82, 2.24) is 5.32 Å². The maximum Gasteiger partial charge on any atom is 0.168 e. The first kappa shape index (κ1) is 22.1. The second-order valence-electron chi connectivity index (χ2n) is 7.71. The Hall–Kier alpha value is -1.60. The molecule has 29 heavy (non-hydrogen) atoms. The Kier molecular flexibility index (Phi) is 7.22. The van der Waals surface area contributed by atoms with Gasteiger partial charge in [-0.1, -0.05) is 0 Å². The van der Waals surface area contributed by atoms with Crippen LogP contribution < -0.4 is 14.8 Å². The first-order valence-corrected chi connectivity index (χ1v) is 10.7. The normalized spacial score (nSPS) is 26.0. The molecule has 0 bridgehead atoms.